The zero-order valence-electron chi connectivity index (χ0n) is 13.2. The molecule has 0 saturated heterocycles. The van der Waals surface area contributed by atoms with Crippen molar-refractivity contribution >= 4 is 11.8 Å². The van der Waals surface area contributed by atoms with Crippen LogP contribution in [-0.4, -0.2) is 46.3 Å². The third-order valence-corrected chi connectivity index (χ3v) is 3.21. The lowest BCUT2D eigenvalue weighted by atomic mass is 10.1. The van der Waals surface area contributed by atoms with Crippen LogP contribution in [-0.2, 0) is 6.54 Å². The topological polar surface area (TPSA) is 75.1 Å². The minimum Gasteiger partial charge on any atom is -0.331 e. The van der Waals surface area contributed by atoms with Crippen molar-refractivity contribution in [2.24, 2.45) is 0 Å². The maximum absolute atomic E-state index is 12.0. The van der Waals surface area contributed by atoms with Gasteiger partial charge in [-0.3, -0.25) is 15.0 Å². The summed E-state index contributed by atoms with van der Waals surface area (Å²) in [4.78, 5) is 18.0. The molecular weight excluding hydrogens is 280 g/mol. The second kappa shape index (κ2) is 7.56. The Morgan fingerprint density at radius 1 is 1.32 bits per heavy atom. The van der Waals surface area contributed by atoms with E-state index in [0.29, 0.717) is 5.82 Å². The highest BCUT2D eigenvalue weighted by Gasteiger charge is 2.10. The molecule has 0 bridgehead atoms. The average Bonchev–Trinajstić information content (AvgIpc) is 2.93. The number of anilines is 1. The van der Waals surface area contributed by atoms with E-state index in [0.717, 1.165) is 18.7 Å². The Hall–Kier alpha value is -2.41. The number of amides is 2. The zero-order chi connectivity index (χ0) is 15.9. The van der Waals surface area contributed by atoms with E-state index >= 15 is 0 Å². The molecule has 0 aliphatic carbocycles. The first-order chi connectivity index (χ1) is 10.5. The van der Waals surface area contributed by atoms with Gasteiger partial charge in [0, 0.05) is 31.2 Å². The monoisotopic (exact) mass is 302 g/mol. The summed E-state index contributed by atoms with van der Waals surface area (Å²) in [6.07, 6.45) is 5.26. The van der Waals surface area contributed by atoms with Gasteiger partial charge in [0.1, 0.15) is 0 Å². The number of carbonyl (C=O) groups excluding carboxylic acids is 1. The van der Waals surface area contributed by atoms with Crippen LogP contribution >= 0.6 is 0 Å². The predicted molar refractivity (Wildman–Crippen MR) is 85.6 cm³/mol. The van der Waals surface area contributed by atoms with Gasteiger partial charge in [-0.2, -0.15) is 5.10 Å². The number of aromatic nitrogens is 3. The van der Waals surface area contributed by atoms with Gasteiger partial charge in [-0.1, -0.05) is 0 Å². The molecule has 0 aliphatic heterocycles. The third-order valence-electron chi connectivity index (χ3n) is 3.21. The number of hydrogen-bond acceptors (Lipinski definition) is 4. The minimum atomic E-state index is -0.276. The van der Waals surface area contributed by atoms with Gasteiger partial charge in [0.2, 0.25) is 0 Å². The van der Waals surface area contributed by atoms with Crippen molar-refractivity contribution in [1.29, 1.82) is 0 Å². The summed E-state index contributed by atoms with van der Waals surface area (Å²) >= 11 is 0. The molecule has 0 fully saturated rings. The SMILES string of the molecule is C[C@H](NC(=O)Nc1ccn(CCN(C)C)n1)c1ccncc1. The molecule has 0 spiro atoms. The van der Waals surface area contributed by atoms with E-state index in [1.54, 1.807) is 18.5 Å². The number of hydrogen-bond donors (Lipinski definition) is 2. The first-order valence-electron chi connectivity index (χ1n) is 7.20. The maximum Gasteiger partial charge on any atom is 0.320 e. The number of nitrogens with one attached hydrogen (secondary N) is 2. The molecule has 0 radical (unpaired) electrons. The fourth-order valence-electron chi connectivity index (χ4n) is 1.94. The summed E-state index contributed by atoms with van der Waals surface area (Å²) in [7, 11) is 4.02. The Labute approximate surface area is 130 Å². The van der Waals surface area contributed by atoms with E-state index in [1.165, 1.54) is 0 Å². The molecule has 118 valence electrons. The van der Waals surface area contributed by atoms with Crippen LogP contribution in [0.15, 0.2) is 36.8 Å². The minimum absolute atomic E-state index is 0.0983. The number of likely N-dealkylation sites (N-methyl/N-ethyl adjacent to an activating group) is 1. The van der Waals surface area contributed by atoms with Gasteiger partial charge in [-0.15, -0.1) is 0 Å². The Balaban J connectivity index is 1.84. The van der Waals surface area contributed by atoms with E-state index in [4.69, 9.17) is 0 Å². The molecule has 0 aromatic carbocycles. The summed E-state index contributed by atoms with van der Waals surface area (Å²) in [5, 5.41) is 9.92. The lowest BCUT2D eigenvalue weighted by molar-refractivity contribution is 0.249. The number of pyridine rings is 1. The normalized spacial score (nSPS) is 12.2. The fraction of sp³-hybridized carbons (Fsp3) is 0.400. The van der Waals surface area contributed by atoms with Crippen LogP contribution in [0.3, 0.4) is 0 Å². The van der Waals surface area contributed by atoms with Crippen LogP contribution in [0.1, 0.15) is 18.5 Å². The van der Waals surface area contributed by atoms with Gasteiger partial charge in [0.05, 0.1) is 12.6 Å². The molecule has 22 heavy (non-hydrogen) atoms. The molecule has 0 aliphatic rings. The Morgan fingerprint density at radius 3 is 2.73 bits per heavy atom. The van der Waals surface area contributed by atoms with Crippen molar-refractivity contribution < 1.29 is 4.79 Å². The van der Waals surface area contributed by atoms with Gasteiger partial charge in [0.15, 0.2) is 5.82 Å². The van der Waals surface area contributed by atoms with Crippen LogP contribution in [0.2, 0.25) is 0 Å². The summed E-state index contributed by atoms with van der Waals surface area (Å²) in [5.41, 5.74) is 1.00. The van der Waals surface area contributed by atoms with Crippen molar-refractivity contribution in [2.75, 3.05) is 26.0 Å². The summed E-state index contributed by atoms with van der Waals surface area (Å²) in [6.45, 7) is 3.60. The molecule has 2 aromatic heterocycles. The van der Waals surface area contributed by atoms with E-state index in [1.807, 2.05) is 44.0 Å². The van der Waals surface area contributed by atoms with Gasteiger partial charge >= 0.3 is 6.03 Å². The highest BCUT2D eigenvalue weighted by molar-refractivity contribution is 5.88. The standard InChI is InChI=1S/C15H22N6O/c1-12(13-4-7-16-8-5-13)17-15(22)18-14-6-9-21(19-14)11-10-20(2)3/h4-9,12H,10-11H2,1-3H3,(H2,17,18,19,22)/t12-/m0/s1. The molecule has 0 saturated carbocycles. The Bertz CT molecular complexity index is 595. The summed E-state index contributed by atoms with van der Waals surface area (Å²) in [5.74, 6) is 0.540. The Kier molecular flexibility index (Phi) is 5.48. The average molecular weight is 302 g/mol. The molecular formula is C15H22N6O. The van der Waals surface area contributed by atoms with Crippen molar-refractivity contribution in [3.8, 4) is 0 Å². The largest absolute Gasteiger partial charge is 0.331 e. The highest BCUT2D eigenvalue weighted by atomic mass is 16.2. The van der Waals surface area contributed by atoms with Gasteiger partial charge < -0.3 is 10.2 Å². The quantitative estimate of drug-likeness (QED) is 0.852. The smallest absolute Gasteiger partial charge is 0.320 e. The molecule has 7 nitrogen and oxygen atoms in total. The lowest BCUT2D eigenvalue weighted by Gasteiger charge is -2.14. The predicted octanol–water partition coefficient (Wildman–Crippen LogP) is 1.72. The lowest BCUT2D eigenvalue weighted by Crippen LogP contribution is -2.31. The maximum atomic E-state index is 12.0. The number of carbonyl (C=O) groups is 1. The van der Waals surface area contributed by atoms with Gasteiger partial charge in [-0.05, 0) is 38.7 Å². The molecule has 7 heteroatoms. The van der Waals surface area contributed by atoms with E-state index in [9.17, 15) is 4.79 Å². The van der Waals surface area contributed by atoms with Crippen LogP contribution < -0.4 is 10.6 Å². The zero-order valence-corrected chi connectivity index (χ0v) is 13.2. The van der Waals surface area contributed by atoms with E-state index < -0.39 is 0 Å². The third kappa shape index (κ3) is 4.85. The molecule has 2 rings (SSSR count). The molecule has 2 heterocycles. The second-order valence-electron chi connectivity index (χ2n) is 5.37. The Morgan fingerprint density at radius 2 is 2.05 bits per heavy atom. The summed E-state index contributed by atoms with van der Waals surface area (Å²) < 4.78 is 1.81. The molecule has 0 unspecified atom stereocenters. The van der Waals surface area contributed by atoms with Crippen molar-refractivity contribution in [3.05, 3.63) is 42.4 Å². The van der Waals surface area contributed by atoms with E-state index in [2.05, 4.69) is 25.6 Å². The van der Waals surface area contributed by atoms with Crippen molar-refractivity contribution in [2.45, 2.75) is 19.5 Å². The van der Waals surface area contributed by atoms with E-state index in [-0.39, 0.29) is 12.1 Å². The molecule has 2 aromatic rings. The molecule has 2 amide bonds. The van der Waals surface area contributed by atoms with Crippen LogP contribution in [0, 0.1) is 0 Å². The van der Waals surface area contributed by atoms with Gasteiger partial charge in [0.25, 0.3) is 0 Å². The fourth-order valence-corrected chi connectivity index (χ4v) is 1.94. The highest BCUT2D eigenvalue weighted by Crippen LogP contribution is 2.10. The first-order valence-corrected chi connectivity index (χ1v) is 7.20. The second-order valence-corrected chi connectivity index (χ2v) is 5.37. The van der Waals surface area contributed by atoms with Gasteiger partial charge in [-0.25, -0.2) is 4.79 Å². The first kappa shape index (κ1) is 16.0. The van der Waals surface area contributed by atoms with Crippen LogP contribution in [0.5, 0.6) is 0 Å². The van der Waals surface area contributed by atoms with Crippen LogP contribution in [0.25, 0.3) is 0 Å². The van der Waals surface area contributed by atoms with Crippen molar-refractivity contribution in [1.82, 2.24) is 25.0 Å². The van der Waals surface area contributed by atoms with Crippen molar-refractivity contribution in [3.63, 3.8) is 0 Å². The molecule has 2 N–H and O–H groups in total. The number of rotatable bonds is 6. The summed E-state index contributed by atoms with van der Waals surface area (Å²) in [6, 6.07) is 5.16. The van der Waals surface area contributed by atoms with Crippen LogP contribution in [0.4, 0.5) is 10.6 Å². The number of urea groups is 1. The molecule has 1 atom stereocenters. The number of nitrogens with zero attached hydrogens (tertiary/aromatic N) is 4.